The number of hydrogen-bond donors (Lipinski definition) is 2. The van der Waals surface area contributed by atoms with Gasteiger partial charge < -0.3 is 19.9 Å². The highest BCUT2D eigenvalue weighted by atomic mass is 16.4. The van der Waals surface area contributed by atoms with Crippen LogP contribution < -0.4 is 4.90 Å². The van der Waals surface area contributed by atoms with Crippen LogP contribution in [-0.4, -0.2) is 59.2 Å². The number of pyridine rings is 1. The van der Waals surface area contributed by atoms with Crippen molar-refractivity contribution in [2.45, 2.75) is 0 Å². The van der Waals surface area contributed by atoms with Crippen molar-refractivity contribution in [2.24, 2.45) is 0 Å². The first-order chi connectivity index (χ1) is 12.1. The van der Waals surface area contributed by atoms with Crippen molar-refractivity contribution >= 4 is 22.7 Å². The fourth-order valence-electron chi connectivity index (χ4n) is 3.31. The zero-order valence-corrected chi connectivity index (χ0v) is 14.1. The number of carboxylic acid groups (broad SMARTS) is 1. The molecule has 0 atom stereocenters. The van der Waals surface area contributed by atoms with E-state index in [0.29, 0.717) is 5.56 Å². The van der Waals surface area contributed by atoms with Gasteiger partial charge in [0.05, 0.1) is 11.3 Å². The summed E-state index contributed by atoms with van der Waals surface area (Å²) in [6.07, 6.45) is 3.62. The summed E-state index contributed by atoms with van der Waals surface area (Å²) in [5.41, 5.74) is 3.75. The number of carboxylic acids is 1. The predicted octanol–water partition coefficient (Wildman–Crippen LogP) is 2.68. The molecule has 2 aromatic heterocycles. The van der Waals surface area contributed by atoms with Crippen LogP contribution in [0.25, 0.3) is 22.2 Å². The second-order valence-electron chi connectivity index (χ2n) is 6.47. The number of carbonyl (C=O) groups is 1. The third-order valence-corrected chi connectivity index (χ3v) is 4.80. The number of nitrogens with zero attached hydrogens (tertiary/aromatic N) is 3. The van der Waals surface area contributed by atoms with Gasteiger partial charge in [-0.25, -0.2) is 9.78 Å². The average Bonchev–Trinajstić information content (AvgIpc) is 3.09. The SMILES string of the molecule is CN1CCN(c2ccc(-c3cnc4[nH]ccc4c3)cc2C(=O)O)CC1. The summed E-state index contributed by atoms with van der Waals surface area (Å²) in [7, 11) is 2.09. The van der Waals surface area contributed by atoms with Gasteiger partial charge in [-0.15, -0.1) is 0 Å². The van der Waals surface area contributed by atoms with E-state index in [2.05, 4.69) is 26.8 Å². The van der Waals surface area contributed by atoms with E-state index in [1.807, 2.05) is 30.5 Å². The molecule has 1 fully saturated rings. The van der Waals surface area contributed by atoms with E-state index in [4.69, 9.17) is 0 Å². The number of anilines is 1. The Morgan fingerprint density at radius 3 is 2.68 bits per heavy atom. The van der Waals surface area contributed by atoms with Crippen LogP contribution in [0.1, 0.15) is 10.4 Å². The highest BCUT2D eigenvalue weighted by Gasteiger charge is 2.20. The topological polar surface area (TPSA) is 72.5 Å². The van der Waals surface area contributed by atoms with Crippen molar-refractivity contribution in [3.05, 3.63) is 48.3 Å². The van der Waals surface area contributed by atoms with E-state index in [0.717, 1.165) is 54.0 Å². The Balaban J connectivity index is 1.72. The van der Waals surface area contributed by atoms with E-state index in [-0.39, 0.29) is 0 Å². The maximum Gasteiger partial charge on any atom is 0.337 e. The Morgan fingerprint density at radius 1 is 1.12 bits per heavy atom. The number of fused-ring (bicyclic) bond motifs is 1. The minimum Gasteiger partial charge on any atom is -0.478 e. The lowest BCUT2D eigenvalue weighted by Crippen LogP contribution is -2.45. The lowest BCUT2D eigenvalue weighted by Gasteiger charge is -2.34. The predicted molar refractivity (Wildman–Crippen MR) is 98.2 cm³/mol. The zero-order chi connectivity index (χ0) is 17.4. The number of aromatic carboxylic acids is 1. The van der Waals surface area contributed by atoms with Crippen LogP contribution in [0, 0.1) is 0 Å². The first-order valence-electron chi connectivity index (χ1n) is 8.36. The van der Waals surface area contributed by atoms with Crippen LogP contribution >= 0.6 is 0 Å². The lowest BCUT2D eigenvalue weighted by atomic mass is 10.0. The van der Waals surface area contributed by atoms with E-state index in [9.17, 15) is 9.90 Å². The molecule has 0 amide bonds. The maximum atomic E-state index is 11.8. The van der Waals surface area contributed by atoms with Gasteiger partial charge >= 0.3 is 5.97 Å². The van der Waals surface area contributed by atoms with Crippen LogP contribution in [0.5, 0.6) is 0 Å². The van der Waals surface area contributed by atoms with Gasteiger partial charge in [-0.1, -0.05) is 6.07 Å². The second kappa shape index (κ2) is 6.22. The van der Waals surface area contributed by atoms with E-state index < -0.39 is 5.97 Å². The molecule has 0 aliphatic carbocycles. The van der Waals surface area contributed by atoms with Crippen molar-refractivity contribution in [2.75, 3.05) is 38.1 Å². The summed E-state index contributed by atoms with van der Waals surface area (Å²) in [4.78, 5) is 23.7. The third-order valence-electron chi connectivity index (χ3n) is 4.80. The molecule has 1 aliphatic heterocycles. The third kappa shape index (κ3) is 2.96. The van der Waals surface area contributed by atoms with E-state index in [1.165, 1.54) is 0 Å². The highest BCUT2D eigenvalue weighted by molar-refractivity contribution is 5.96. The van der Waals surface area contributed by atoms with E-state index in [1.54, 1.807) is 12.3 Å². The fourth-order valence-corrected chi connectivity index (χ4v) is 3.31. The number of aromatic nitrogens is 2. The van der Waals surface area contributed by atoms with E-state index >= 15 is 0 Å². The largest absolute Gasteiger partial charge is 0.478 e. The van der Waals surface area contributed by atoms with Gasteiger partial charge in [0.2, 0.25) is 0 Å². The van der Waals surface area contributed by atoms with Crippen LogP contribution in [0.2, 0.25) is 0 Å². The van der Waals surface area contributed by atoms with Crippen LogP contribution in [0.3, 0.4) is 0 Å². The Kier molecular flexibility index (Phi) is 3.89. The molecule has 1 saturated heterocycles. The molecule has 128 valence electrons. The van der Waals surface area contributed by atoms with Crippen molar-refractivity contribution in [1.82, 2.24) is 14.9 Å². The number of rotatable bonds is 3. The summed E-state index contributed by atoms with van der Waals surface area (Å²) < 4.78 is 0. The number of hydrogen-bond acceptors (Lipinski definition) is 4. The van der Waals surface area contributed by atoms with Gasteiger partial charge in [0.1, 0.15) is 5.65 Å². The Hall–Kier alpha value is -2.86. The summed E-state index contributed by atoms with van der Waals surface area (Å²) in [6, 6.07) is 9.64. The molecule has 0 saturated carbocycles. The summed E-state index contributed by atoms with van der Waals surface area (Å²) in [6.45, 7) is 3.56. The van der Waals surface area contributed by atoms with Gasteiger partial charge in [-0.3, -0.25) is 0 Å². The number of nitrogens with one attached hydrogen (secondary N) is 1. The number of benzene rings is 1. The number of piperazine rings is 1. The van der Waals surface area contributed by atoms with Gasteiger partial charge in [-0.2, -0.15) is 0 Å². The van der Waals surface area contributed by atoms with Crippen molar-refractivity contribution in [1.29, 1.82) is 0 Å². The maximum absolute atomic E-state index is 11.8. The summed E-state index contributed by atoms with van der Waals surface area (Å²) in [5, 5.41) is 10.7. The van der Waals surface area contributed by atoms with Gasteiger partial charge in [0.25, 0.3) is 0 Å². The smallest absolute Gasteiger partial charge is 0.337 e. The lowest BCUT2D eigenvalue weighted by molar-refractivity contribution is 0.0697. The van der Waals surface area contributed by atoms with Gasteiger partial charge in [-0.05, 0) is 36.9 Å². The van der Waals surface area contributed by atoms with Crippen LogP contribution in [0.4, 0.5) is 5.69 Å². The summed E-state index contributed by atoms with van der Waals surface area (Å²) >= 11 is 0. The number of H-pyrrole nitrogens is 1. The zero-order valence-electron chi connectivity index (χ0n) is 14.1. The van der Waals surface area contributed by atoms with Gasteiger partial charge in [0, 0.05) is 49.5 Å². The molecule has 0 spiro atoms. The van der Waals surface area contributed by atoms with Crippen molar-refractivity contribution in [3.8, 4) is 11.1 Å². The molecule has 3 heterocycles. The first kappa shape index (κ1) is 15.7. The normalized spacial score (nSPS) is 15.6. The monoisotopic (exact) mass is 336 g/mol. The van der Waals surface area contributed by atoms with Crippen LogP contribution in [-0.2, 0) is 0 Å². The Labute approximate surface area is 145 Å². The molecule has 1 aromatic carbocycles. The average molecular weight is 336 g/mol. The van der Waals surface area contributed by atoms with Crippen LogP contribution in [0.15, 0.2) is 42.7 Å². The molecular formula is C19H20N4O2. The minimum atomic E-state index is -0.897. The molecule has 6 nitrogen and oxygen atoms in total. The molecule has 3 aromatic rings. The second-order valence-corrected chi connectivity index (χ2v) is 6.47. The van der Waals surface area contributed by atoms with Crippen molar-refractivity contribution in [3.63, 3.8) is 0 Å². The summed E-state index contributed by atoms with van der Waals surface area (Å²) in [5.74, 6) is -0.897. The van der Waals surface area contributed by atoms with Crippen molar-refractivity contribution < 1.29 is 9.90 Å². The molecule has 2 N–H and O–H groups in total. The first-order valence-corrected chi connectivity index (χ1v) is 8.36. The minimum absolute atomic E-state index is 0.344. The molecule has 6 heteroatoms. The molecule has 0 radical (unpaired) electrons. The Morgan fingerprint density at radius 2 is 1.92 bits per heavy atom. The molecule has 1 aliphatic rings. The molecular weight excluding hydrogens is 316 g/mol. The number of likely N-dealkylation sites (N-methyl/N-ethyl adjacent to an activating group) is 1. The molecule has 0 bridgehead atoms. The number of aromatic amines is 1. The quantitative estimate of drug-likeness (QED) is 0.769. The van der Waals surface area contributed by atoms with Gasteiger partial charge in [0.15, 0.2) is 0 Å². The standard InChI is InChI=1S/C19H20N4O2/c1-22-6-8-23(9-7-22)17-3-2-13(11-16(17)19(24)25)15-10-14-4-5-20-18(14)21-12-15/h2-5,10-12H,6-9H2,1H3,(H,20,21)(H,24,25). The molecule has 4 rings (SSSR count). The Bertz CT molecular complexity index is 926. The molecule has 0 unspecified atom stereocenters. The molecule has 25 heavy (non-hydrogen) atoms. The fraction of sp³-hybridized carbons (Fsp3) is 0.263. The highest BCUT2D eigenvalue weighted by Crippen LogP contribution is 2.29.